The molecule has 124 valence electrons. The quantitative estimate of drug-likeness (QED) is 0.747. The second-order valence-electron chi connectivity index (χ2n) is 5.57. The lowest BCUT2D eigenvalue weighted by molar-refractivity contribution is -0.136. The summed E-state index contributed by atoms with van der Waals surface area (Å²) in [5.41, 5.74) is 2.24. The molecule has 0 spiro atoms. The van der Waals surface area contributed by atoms with Gasteiger partial charge in [0.25, 0.3) is 0 Å². The van der Waals surface area contributed by atoms with E-state index in [0.717, 1.165) is 21.0 Å². The molecule has 0 aliphatic carbocycles. The summed E-state index contributed by atoms with van der Waals surface area (Å²) in [6, 6.07) is 9.07. The predicted octanol–water partition coefficient (Wildman–Crippen LogP) is 2.20. The van der Waals surface area contributed by atoms with Gasteiger partial charge in [0.15, 0.2) is 0 Å². The third-order valence-corrected chi connectivity index (χ3v) is 4.68. The summed E-state index contributed by atoms with van der Waals surface area (Å²) in [6.45, 7) is 2.32. The zero-order valence-corrected chi connectivity index (χ0v) is 14.0. The molecule has 7 heteroatoms. The predicted molar refractivity (Wildman–Crippen MR) is 92.9 cm³/mol. The summed E-state index contributed by atoms with van der Waals surface area (Å²) in [4.78, 5) is 37.3. The van der Waals surface area contributed by atoms with E-state index in [1.807, 2.05) is 19.1 Å². The highest BCUT2D eigenvalue weighted by atomic mass is 32.1. The number of carbonyl (C=O) groups is 3. The molecule has 3 rings (SSSR count). The largest absolute Gasteiger partial charge is 0.343 e. The SMILES string of the molecule is Cc1ccc(CNC(=O)C(=O)Nc2ccc3c(c2)CCC(=O)N3)s1. The van der Waals surface area contributed by atoms with E-state index in [1.165, 1.54) is 0 Å². The Hall–Kier alpha value is -2.67. The molecule has 0 atom stereocenters. The minimum atomic E-state index is -0.705. The van der Waals surface area contributed by atoms with Crippen molar-refractivity contribution < 1.29 is 14.4 Å². The van der Waals surface area contributed by atoms with Gasteiger partial charge in [-0.05, 0) is 49.2 Å². The standard InChI is InChI=1S/C17H17N3O3S/c1-10-2-5-13(24-10)9-18-16(22)17(23)19-12-4-6-14-11(8-12)3-7-15(21)20-14/h2,4-6,8H,3,7,9H2,1H3,(H,18,22)(H,19,23)(H,20,21). The number of fused-ring (bicyclic) bond motifs is 1. The Morgan fingerprint density at radius 1 is 1.17 bits per heavy atom. The molecule has 2 aromatic rings. The molecule has 1 aliphatic rings. The van der Waals surface area contributed by atoms with Crippen molar-refractivity contribution in [2.24, 2.45) is 0 Å². The summed E-state index contributed by atoms with van der Waals surface area (Å²) >= 11 is 1.58. The van der Waals surface area contributed by atoms with Crippen LogP contribution in [-0.2, 0) is 27.3 Å². The Balaban J connectivity index is 1.58. The highest BCUT2D eigenvalue weighted by Crippen LogP contribution is 2.25. The van der Waals surface area contributed by atoms with Crippen molar-refractivity contribution in [1.29, 1.82) is 0 Å². The lowest BCUT2D eigenvalue weighted by Crippen LogP contribution is -2.34. The molecular formula is C17H17N3O3S. The van der Waals surface area contributed by atoms with E-state index in [2.05, 4.69) is 16.0 Å². The first-order valence-corrected chi connectivity index (χ1v) is 8.40. The van der Waals surface area contributed by atoms with Crippen LogP contribution in [0.1, 0.15) is 21.7 Å². The lowest BCUT2D eigenvalue weighted by Gasteiger charge is -2.17. The number of amides is 3. The van der Waals surface area contributed by atoms with Gasteiger partial charge in [-0.25, -0.2) is 0 Å². The maximum absolute atomic E-state index is 12.0. The number of hydrogen-bond acceptors (Lipinski definition) is 4. The molecule has 3 N–H and O–H groups in total. The number of rotatable bonds is 3. The lowest BCUT2D eigenvalue weighted by atomic mass is 10.0. The summed E-state index contributed by atoms with van der Waals surface area (Å²) < 4.78 is 0. The second kappa shape index (κ2) is 6.84. The number of aryl methyl sites for hydroxylation is 2. The highest BCUT2D eigenvalue weighted by molar-refractivity contribution is 7.11. The number of hydrogen-bond donors (Lipinski definition) is 3. The average molecular weight is 343 g/mol. The van der Waals surface area contributed by atoms with Gasteiger partial charge in [0, 0.05) is 27.5 Å². The van der Waals surface area contributed by atoms with Crippen LogP contribution >= 0.6 is 11.3 Å². The van der Waals surface area contributed by atoms with Crippen molar-refractivity contribution >= 4 is 40.4 Å². The fourth-order valence-corrected chi connectivity index (χ4v) is 3.31. The van der Waals surface area contributed by atoms with Gasteiger partial charge >= 0.3 is 11.8 Å². The summed E-state index contributed by atoms with van der Waals surface area (Å²) in [5, 5.41) is 7.96. The van der Waals surface area contributed by atoms with Crippen LogP contribution in [-0.4, -0.2) is 17.7 Å². The van der Waals surface area contributed by atoms with Gasteiger partial charge in [-0.15, -0.1) is 11.3 Å². The van der Waals surface area contributed by atoms with E-state index < -0.39 is 11.8 Å². The van der Waals surface area contributed by atoms with Crippen LogP contribution in [0.4, 0.5) is 11.4 Å². The van der Waals surface area contributed by atoms with E-state index >= 15 is 0 Å². The minimum absolute atomic E-state index is 0.0116. The third kappa shape index (κ3) is 3.80. The van der Waals surface area contributed by atoms with E-state index in [1.54, 1.807) is 29.5 Å². The van der Waals surface area contributed by atoms with Gasteiger partial charge in [0.2, 0.25) is 5.91 Å². The molecule has 0 unspecified atom stereocenters. The first-order valence-electron chi connectivity index (χ1n) is 7.58. The minimum Gasteiger partial charge on any atom is -0.343 e. The molecule has 1 aromatic carbocycles. The molecule has 3 amide bonds. The molecular weight excluding hydrogens is 326 g/mol. The van der Waals surface area contributed by atoms with Crippen LogP contribution in [0.2, 0.25) is 0 Å². The average Bonchev–Trinajstić information content (AvgIpc) is 2.98. The number of nitrogens with one attached hydrogen (secondary N) is 3. The van der Waals surface area contributed by atoms with Gasteiger partial charge in [-0.3, -0.25) is 14.4 Å². The van der Waals surface area contributed by atoms with Crippen LogP contribution in [0.5, 0.6) is 0 Å². The Labute approximate surface area is 143 Å². The van der Waals surface area contributed by atoms with E-state index in [9.17, 15) is 14.4 Å². The first-order chi connectivity index (χ1) is 11.5. The smallest absolute Gasteiger partial charge is 0.313 e. The zero-order chi connectivity index (χ0) is 17.1. The monoisotopic (exact) mass is 343 g/mol. The van der Waals surface area contributed by atoms with Crippen molar-refractivity contribution in [3.8, 4) is 0 Å². The van der Waals surface area contributed by atoms with E-state index in [-0.39, 0.29) is 5.91 Å². The summed E-state index contributed by atoms with van der Waals surface area (Å²) in [5.74, 6) is -1.39. The van der Waals surface area contributed by atoms with Crippen molar-refractivity contribution in [3.63, 3.8) is 0 Å². The molecule has 1 aliphatic heterocycles. The number of anilines is 2. The summed E-state index contributed by atoms with van der Waals surface area (Å²) in [6.07, 6.45) is 1.04. The van der Waals surface area contributed by atoms with Crippen LogP contribution in [0.3, 0.4) is 0 Å². The number of thiophene rings is 1. The summed E-state index contributed by atoms with van der Waals surface area (Å²) in [7, 11) is 0. The molecule has 2 heterocycles. The fourth-order valence-electron chi connectivity index (χ4n) is 2.48. The maximum atomic E-state index is 12.0. The fraction of sp³-hybridized carbons (Fsp3) is 0.235. The van der Waals surface area contributed by atoms with Crippen molar-refractivity contribution in [3.05, 3.63) is 45.6 Å². The topological polar surface area (TPSA) is 87.3 Å². The number of benzene rings is 1. The van der Waals surface area contributed by atoms with Gasteiger partial charge in [-0.1, -0.05) is 0 Å². The Morgan fingerprint density at radius 3 is 2.75 bits per heavy atom. The molecule has 6 nitrogen and oxygen atoms in total. The Kier molecular flexibility index (Phi) is 4.61. The second-order valence-corrected chi connectivity index (χ2v) is 6.94. The molecule has 1 aromatic heterocycles. The van der Waals surface area contributed by atoms with Crippen LogP contribution in [0.15, 0.2) is 30.3 Å². The molecule has 0 radical (unpaired) electrons. The van der Waals surface area contributed by atoms with Crippen molar-refractivity contribution in [2.75, 3.05) is 10.6 Å². The van der Waals surface area contributed by atoms with Gasteiger partial charge in [-0.2, -0.15) is 0 Å². The normalized spacial score (nSPS) is 13.0. The number of carbonyl (C=O) groups excluding carboxylic acids is 3. The van der Waals surface area contributed by atoms with Gasteiger partial charge in [0.1, 0.15) is 0 Å². The van der Waals surface area contributed by atoms with Crippen LogP contribution in [0, 0.1) is 6.92 Å². The highest BCUT2D eigenvalue weighted by Gasteiger charge is 2.17. The molecule has 0 fully saturated rings. The van der Waals surface area contributed by atoms with Crippen molar-refractivity contribution in [1.82, 2.24) is 5.32 Å². The van der Waals surface area contributed by atoms with Crippen LogP contribution < -0.4 is 16.0 Å². The van der Waals surface area contributed by atoms with Crippen LogP contribution in [0.25, 0.3) is 0 Å². The molecule has 0 saturated carbocycles. The Morgan fingerprint density at radius 2 is 2.00 bits per heavy atom. The third-order valence-electron chi connectivity index (χ3n) is 3.68. The van der Waals surface area contributed by atoms with Crippen molar-refractivity contribution in [2.45, 2.75) is 26.3 Å². The zero-order valence-electron chi connectivity index (χ0n) is 13.1. The Bertz CT molecular complexity index is 813. The molecule has 0 saturated heterocycles. The molecule has 24 heavy (non-hydrogen) atoms. The first kappa shape index (κ1) is 16.2. The van der Waals surface area contributed by atoms with E-state index in [0.29, 0.717) is 25.1 Å². The van der Waals surface area contributed by atoms with E-state index in [4.69, 9.17) is 0 Å². The van der Waals surface area contributed by atoms with Gasteiger partial charge in [0.05, 0.1) is 6.54 Å². The van der Waals surface area contributed by atoms with Gasteiger partial charge < -0.3 is 16.0 Å². The maximum Gasteiger partial charge on any atom is 0.313 e. The molecule has 0 bridgehead atoms.